The monoisotopic (exact) mass is 363 g/mol. The summed E-state index contributed by atoms with van der Waals surface area (Å²) < 4.78 is 6.09. The van der Waals surface area contributed by atoms with Gasteiger partial charge in [0.25, 0.3) is 0 Å². The van der Waals surface area contributed by atoms with Crippen molar-refractivity contribution >= 4 is 11.8 Å². The molecule has 1 aromatic carbocycles. The molecule has 1 saturated carbocycles. The summed E-state index contributed by atoms with van der Waals surface area (Å²) >= 11 is 1.99. The highest BCUT2D eigenvalue weighted by Gasteiger charge is 2.36. The third kappa shape index (κ3) is 5.00. The van der Waals surface area contributed by atoms with E-state index in [1.54, 1.807) is 0 Å². The van der Waals surface area contributed by atoms with Crippen LogP contribution in [0.3, 0.4) is 0 Å². The van der Waals surface area contributed by atoms with Crippen LogP contribution in [-0.2, 0) is 17.6 Å². The summed E-state index contributed by atoms with van der Waals surface area (Å²) in [7, 11) is 0. The molecule has 0 radical (unpaired) electrons. The van der Waals surface area contributed by atoms with E-state index < -0.39 is 0 Å². The van der Waals surface area contributed by atoms with E-state index >= 15 is 0 Å². The first-order valence-corrected chi connectivity index (χ1v) is 11.0. The van der Waals surface area contributed by atoms with Crippen molar-refractivity contribution in [2.45, 2.75) is 69.4 Å². The lowest BCUT2D eigenvalue weighted by atomic mass is 9.85. The van der Waals surface area contributed by atoms with Gasteiger partial charge in [-0.15, -0.1) is 0 Å². The van der Waals surface area contributed by atoms with Crippen LogP contribution in [0, 0.1) is 0 Å². The fourth-order valence-electron chi connectivity index (χ4n) is 4.24. The van der Waals surface area contributed by atoms with Crippen molar-refractivity contribution in [2.24, 2.45) is 5.73 Å². The van der Waals surface area contributed by atoms with E-state index in [0.717, 1.165) is 50.9 Å². The van der Waals surface area contributed by atoms with Crippen LogP contribution in [0.1, 0.15) is 61.6 Å². The fourth-order valence-corrected chi connectivity index (χ4v) is 4.95. The first-order chi connectivity index (χ1) is 12.1. The van der Waals surface area contributed by atoms with Gasteiger partial charge in [-0.05, 0) is 73.3 Å². The second-order valence-electron chi connectivity index (χ2n) is 7.84. The topological polar surface area (TPSA) is 55.5 Å². The van der Waals surface area contributed by atoms with E-state index in [1.165, 1.54) is 28.9 Å². The summed E-state index contributed by atoms with van der Waals surface area (Å²) in [5.74, 6) is 2.86. The number of thioether (sulfide) groups is 1. The molecule has 1 aromatic rings. The molecule has 0 spiro atoms. The lowest BCUT2D eigenvalue weighted by Crippen LogP contribution is -2.40. The Hall–Kier alpha value is -0.550. The minimum Gasteiger partial charge on any atom is -0.394 e. The van der Waals surface area contributed by atoms with Crippen LogP contribution in [-0.4, -0.2) is 41.5 Å². The number of benzene rings is 1. The molecule has 3 atom stereocenters. The SMILES string of the molecule is CCCSCCO[C@H]1CCc2cc([C@H]3CC[C@](N)(CO)C3)ccc2C1. The van der Waals surface area contributed by atoms with Crippen molar-refractivity contribution < 1.29 is 9.84 Å². The molecule has 2 aliphatic carbocycles. The average Bonchev–Trinajstić information content (AvgIpc) is 3.04. The zero-order valence-corrected chi connectivity index (χ0v) is 16.3. The van der Waals surface area contributed by atoms with Gasteiger partial charge in [0.1, 0.15) is 0 Å². The Morgan fingerprint density at radius 2 is 2.16 bits per heavy atom. The van der Waals surface area contributed by atoms with Gasteiger partial charge < -0.3 is 15.6 Å². The first kappa shape index (κ1) is 19.2. The molecule has 25 heavy (non-hydrogen) atoms. The summed E-state index contributed by atoms with van der Waals surface area (Å²) in [6.45, 7) is 3.21. The number of aliphatic hydroxyl groups excluding tert-OH is 1. The molecule has 4 heteroatoms. The van der Waals surface area contributed by atoms with Gasteiger partial charge >= 0.3 is 0 Å². The third-order valence-electron chi connectivity index (χ3n) is 5.77. The number of ether oxygens (including phenoxy) is 1. The minimum atomic E-state index is -0.366. The molecule has 0 aliphatic heterocycles. The molecule has 3 rings (SSSR count). The highest BCUT2D eigenvalue weighted by Crippen LogP contribution is 2.40. The standard InChI is InChI=1S/C21H33NO2S/c1-2-10-25-11-9-24-20-6-5-16-12-17(3-4-18(16)13-20)19-7-8-21(22,14-19)15-23/h3-4,12,19-20,23H,2,5-11,13-15,22H2,1H3/t19-,20-,21+/m0/s1. The first-order valence-electron chi connectivity index (χ1n) is 9.84. The zero-order chi connectivity index (χ0) is 17.7. The quantitative estimate of drug-likeness (QED) is 0.692. The van der Waals surface area contributed by atoms with Crippen molar-refractivity contribution in [2.75, 3.05) is 24.7 Å². The Bertz CT molecular complexity index is 565. The summed E-state index contributed by atoms with van der Waals surface area (Å²) in [6.07, 6.45) is 7.87. The highest BCUT2D eigenvalue weighted by molar-refractivity contribution is 7.99. The largest absolute Gasteiger partial charge is 0.394 e. The van der Waals surface area contributed by atoms with E-state index in [4.69, 9.17) is 10.5 Å². The molecular formula is C21H33NO2S. The number of aryl methyl sites for hydroxylation is 1. The average molecular weight is 364 g/mol. The van der Waals surface area contributed by atoms with E-state index in [-0.39, 0.29) is 12.1 Å². The zero-order valence-electron chi connectivity index (χ0n) is 15.5. The van der Waals surface area contributed by atoms with Crippen LogP contribution in [0.25, 0.3) is 0 Å². The maximum atomic E-state index is 9.49. The Kier molecular flexibility index (Phi) is 6.84. The van der Waals surface area contributed by atoms with Gasteiger partial charge in [-0.1, -0.05) is 25.1 Å². The van der Waals surface area contributed by atoms with Crippen molar-refractivity contribution in [3.05, 3.63) is 34.9 Å². The Labute approximate surface area is 156 Å². The number of hydrogen-bond donors (Lipinski definition) is 2. The minimum absolute atomic E-state index is 0.101. The van der Waals surface area contributed by atoms with Crippen LogP contribution < -0.4 is 5.73 Å². The lowest BCUT2D eigenvalue weighted by Gasteiger charge is -2.26. The van der Waals surface area contributed by atoms with Crippen LogP contribution >= 0.6 is 11.8 Å². The van der Waals surface area contributed by atoms with Crippen molar-refractivity contribution in [1.82, 2.24) is 0 Å². The van der Waals surface area contributed by atoms with Gasteiger partial charge in [0.15, 0.2) is 0 Å². The number of hydrogen-bond acceptors (Lipinski definition) is 4. The molecular weight excluding hydrogens is 330 g/mol. The molecule has 0 heterocycles. The van der Waals surface area contributed by atoms with Crippen molar-refractivity contribution in [1.29, 1.82) is 0 Å². The van der Waals surface area contributed by atoms with E-state index in [0.29, 0.717) is 12.0 Å². The number of aliphatic hydroxyl groups is 1. The lowest BCUT2D eigenvalue weighted by molar-refractivity contribution is 0.0552. The fraction of sp³-hybridized carbons (Fsp3) is 0.714. The molecule has 0 saturated heterocycles. The van der Waals surface area contributed by atoms with Gasteiger partial charge in [-0.25, -0.2) is 0 Å². The molecule has 140 valence electrons. The summed E-state index contributed by atoms with van der Waals surface area (Å²) in [4.78, 5) is 0. The summed E-state index contributed by atoms with van der Waals surface area (Å²) in [5.41, 5.74) is 10.3. The van der Waals surface area contributed by atoms with Crippen LogP contribution in [0.2, 0.25) is 0 Å². The van der Waals surface area contributed by atoms with Crippen molar-refractivity contribution in [3.63, 3.8) is 0 Å². The second kappa shape index (κ2) is 8.90. The molecule has 2 aliphatic rings. The third-order valence-corrected chi connectivity index (χ3v) is 6.93. The number of nitrogens with two attached hydrogens (primary N) is 1. The van der Waals surface area contributed by atoms with Crippen molar-refractivity contribution in [3.8, 4) is 0 Å². The van der Waals surface area contributed by atoms with Gasteiger partial charge in [-0.3, -0.25) is 0 Å². The summed E-state index contributed by atoms with van der Waals surface area (Å²) in [5, 5.41) is 9.49. The van der Waals surface area contributed by atoms with Gasteiger partial charge in [0, 0.05) is 11.3 Å². The Balaban J connectivity index is 1.53. The van der Waals surface area contributed by atoms with Crippen LogP contribution in [0.15, 0.2) is 18.2 Å². The smallest absolute Gasteiger partial charge is 0.0619 e. The summed E-state index contributed by atoms with van der Waals surface area (Å²) in [6, 6.07) is 6.99. The van der Waals surface area contributed by atoms with E-state index in [2.05, 4.69) is 25.1 Å². The molecule has 0 bridgehead atoms. The maximum Gasteiger partial charge on any atom is 0.0619 e. The highest BCUT2D eigenvalue weighted by atomic mass is 32.2. The van der Waals surface area contributed by atoms with Crippen LogP contribution in [0.5, 0.6) is 0 Å². The van der Waals surface area contributed by atoms with E-state index in [9.17, 15) is 5.11 Å². The number of fused-ring (bicyclic) bond motifs is 1. The molecule has 3 nitrogen and oxygen atoms in total. The van der Waals surface area contributed by atoms with Gasteiger partial charge in [0.05, 0.1) is 19.3 Å². The van der Waals surface area contributed by atoms with Gasteiger partial charge in [0.2, 0.25) is 0 Å². The Morgan fingerprint density at radius 1 is 1.28 bits per heavy atom. The molecule has 0 amide bonds. The molecule has 0 unspecified atom stereocenters. The predicted octanol–water partition coefficient (Wildman–Crippen LogP) is 3.66. The second-order valence-corrected chi connectivity index (χ2v) is 9.06. The normalized spacial score (nSPS) is 28.9. The molecule has 0 aromatic heterocycles. The predicted molar refractivity (Wildman–Crippen MR) is 106 cm³/mol. The molecule has 1 fully saturated rings. The van der Waals surface area contributed by atoms with Crippen LogP contribution in [0.4, 0.5) is 0 Å². The maximum absolute atomic E-state index is 9.49. The number of rotatable bonds is 8. The molecule has 3 N–H and O–H groups in total. The Morgan fingerprint density at radius 3 is 2.92 bits per heavy atom. The van der Waals surface area contributed by atoms with Gasteiger partial charge in [-0.2, -0.15) is 11.8 Å². The van der Waals surface area contributed by atoms with E-state index in [1.807, 2.05) is 11.8 Å².